The highest BCUT2D eigenvalue weighted by Crippen LogP contribution is 2.36. The number of hydrogen-bond donors (Lipinski definition) is 2. The van der Waals surface area contributed by atoms with E-state index in [4.69, 9.17) is 14.6 Å². The SMILES string of the molecule is CCCCOc1ccc(-c2nn(-c3ccccc3)cc2[C@H]2NC(=O)NC(C)=C2C(=O)OCC)cc1C. The molecule has 2 aromatic carbocycles. The monoisotopic (exact) mass is 488 g/mol. The molecule has 2 amide bonds. The topological polar surface area (TPSA) is 94.5 Å². The number of hydrogen-bond acceptors (Lipinski definition) is 5. The molecule has 1 aliphatic rings. The number of nitrogens with one attached hydrogen (secondary N) is 2. The van der Waals surface area contributed by atoms with Gasteiger partial charge in [0.1, 0.15) is 5.75 Å². The first kappa shape index (κ1) is 25.0. The normalized spacial score (nSPS) is 15.3. The Hall–Kier alpha value is -4.07. The summed E-state index contributed by atoms with van der Waals surface area (Å²) in [6, 6.07) is 14.5. The predicted molar refractivity (Wildman–Crippen MR) is 138 cm³/mol. The molecule has 0 aliphatic carbocycles. The van der Waals surface area contributed by atoms with E-state index in [2.05, 4.69) is 17.6 Å². The van der Waals surface area contributed by atoms with Crippen LogP contribution < -0.4 is 15.4 Å². The zero-order chi connectivity index (χ0) is 25.7. The fourth-order valence-corrected chi connectivity index (χ4v) is 4.23. The van der Waals surface area contributed by atoms with Crippen LogP contribution in [0.3, 0.4) is 0 Å². The molecule has 0 fully saturated rings. The van der Waals surface area contributed by atoms with Gasteiger partial charge in [0, 0.05) is 23.0 Å². The lowest BCUT2D eigenvalue weighted by Crippen LogP contribution is -2.45. The second-order valence-electron chi connectivity index (χ2n) is 8.69. The summed E-state index contributed by atoms with van der Waals surface area (Å²) >= 11 is 0. The van der Waals surface area contributed by atoms with E-state index in [-0.39, 0.29) is 12.6 Å². The van der Waals surface area contributed by atoms with Crippen LogP contribution in [0.15, 0.2) is 66.0 Å². The average molecular weight is 489 g/mol. The first-order valence-corrected chi connectivity index (χ1v) is 12.3. The number of allylic oxidation sites excluding steroid dienone is 1. The lowest BCUT2D eigenvalue weighted by atomic mass is 9.93. The van der Waals surface area contributed by atoms with Gasteiger partial charge in [-0.2, -0.15) is 5.10 Å². The summed E-state index contributed by atoms with van der Waals surface area (Å²) in [6.07, 6.45) is 3.91. The summed E-state index contributed by atoms with van der Waals surface area (Å²) < 4.78 is 13.0. The smallest absolute Gasteiger partial charge is 0.338 e. The maximum Gasteiger partial charge on any atom is 0.338 e. The van der Waals surface area contributed by atoms with Gasteiger partial charge < -0.3 is 20.1 Å². The Labute approximate surface area is 211 Å². The van der Waals surface area contributed by atoms with Gasteiger partial charge in [0.25, 0.3) is 0 Å². The number of rotatable bonds is 9. The van der Waals surface area contributed by atoms with Gasteiger partial charge in [-0.15, -0.1) is 0 Å². The van der Waals surface area contributed by atoms with Crippen molar-refractivity contribution in [2.75, 3.05) is 13.2 Å². The highest BCUT2D eigenvalue weighted by atomic mass is 16.5. The van der Waals surface area contributed by atoms with Gasteiger partial charge in [-0.25, -0.2) is 14.3 Å². The summed E-state index contributed by atoms with van der Waals surface area (Å²) in [4.78, 5) is 25.4. The molecule has 36 heavy (non-hydrogen) atoms. The van der Waals surface area contributed by atoms with E-state index >= 15 is 0 Å². The van der Waals surface area contributed by atoms with Crippen molar-refractivity contribution in [1.29, 1.82) is 0 Å². The molecule has 3 aromatic rings. The van der Waals surface area contributed by atoms with Crippen molar-refractivity contribution < 1.29 is 19.1 Å². The Morgan fingerprint density at radius 1 is 1.11 bits per heavy atom. The molecule has 0 unspecified atom stereocenters. The molecule has 2 heterocycles. The second kappa shape index (κ2) is 11.1. The molecule has 0 saturated carbocycles. The summed E-state index contributed by atoms with van der Waals surface area (Å²) in [5, 5.41) is 10.5. The van der Waals surface area contributed by atoms with Crippen molar-refractivity contribution in [2.45, 2.75) is 46.6 Å². The molecule has 1 aromatic heterocycles. The predicted octanol–water partition coefficient (Wildman–Crippen LogP) is 5.22. The standard InChI is InChI=1S/C28H32N4O4/c1-5-7-15-36-23-14-13-20(16-18(23)3)25-22(17-32(31-25)21-11-9-8-10-12-21)26-24(27(33)35-6-2)19(4)29-28(34)30-26/h8-14,16-17,26H,5-7,15H2,1-4H3,(H2,29,30,34)/t26-/m1/s1. The number of esters is 1. The quantitative estimate of drug-likeness (QED) is 0.318. The maximum absolute atomic E-state index is 12.9. The Balaban J connectivity index is 1.83. The van der Waals surface area contributed by atoms with Crippen LogP contribution in [0, 0.1) is 6.92 Å². The molecule has 0 saturated heterocycles. The zero-order valence-electron chi connectivity index (χ0n) is 21.1. The van der Waals surface area contributed by atoms with E-state index in [1.54, 1.807) is 18.5 Å². The van der Waals surface area contributed by atoms with Crippen LogP contribution in [0.4, 0.5) is 4.79 Å². The number of ether oxygens (including phenoxy) is 2. The van der Waals surface area contributed by atoms with Crippen LogP contribution in [0.25, 0.3) is 16.9 Å². The van der Waals surface area contributed by atoms with Crippen molar-refractivity contribution >= 4 is 12.0 Å². The molecule has 0 bridgehead atoms. The molecule has 1 atom stereocenters. The molecular weight excluding hydrogens is 456 g/mol. The Morgan fingerprint density at radius 2 is 1.89 bits per heavy atom. The highest BCUT2D eigenvalue weighted by Gasteiger charge is 2.35. The third-order valence-corrected chi connectivity index (χ3v) is 6.04. The lowest BCUT2D eigenvalue weighted by Gasteiger charge is -2.27. The van der Waals surface area contributed by atoms with Crippen LogP contribution in [0.1, 0.15) is 50.8 Å². The summed E-state index contributed by atoms with van der Waals surface area (Å²) in [6.45, 7) is 8.47. The van der Waals surface area contributed by atoms with Crippen molar-refractivity contribution in [3.63, 3.8) is 0 Å². The number of carbonyl (C=O) groups is 2. The van der Waals surface area contributed by atoms with E-state index in [0.717, 1.165) is 35.4 Å². The molecule has 8 heteroatoms. The number of amides is 2. The van der Waals surface area contributed by atoms with E-state index in [1.165, 1.54) is 0 Å². The van der Waals surface area contributed by atoms with Crippen LogP contribution >= 0.6 is 0 Å². The zero-order valence-corrected chi connectivity index (χ0v) is 21.1. The van der Waals surface area contributed by atoms with E-state index in [1.807, 2.05) is 61.7 Å². The summed E-state index contributed by atoms with van der Waals surface area (Å²) in [5.41, 5.74) is 4.85. The van der Waals surface area contributed by atoms with E-state index in [0.29, 0.717) is 29.1 Å². The number of carbonyl (C=O) groups excluding carboxylic acids is 2. The molecular formula is C28H32N4O4. The lowest BCUT2D eigenvalue weighted by molar-refractivity contribution is -0.139. The number of aromatic nitrogens is 2. The highest BCUT2D eigenvalue weighted by molar-refractivity contribution is 5.95. The third-order valence-electron chi connectivity index (χ3n) is 6.04. The van der Waals surface area contributed by atoms with Crippen molar-refractivity contribution in [3.05, 3.63) is 77.1 Å². The second-order valence-corrected chi connectivity index (χ2v) is 8.69. The first-order chi connectivity index (χ1) is 17.4. The van der Waals surface area contributed by atoms with Gasteiger partial charge in [0.15, 0.2) is 0 Å². The summed E-state index contributed by atoms with van der Waals surface area (Å²) in [5.74, 6) is 0.344. The molecule has 188 valence electrons. The maximum atomic E-state index is 12.9. The van der Waals surface area contributed by atoms with Crippen molar-refractivity contribution in [1.82, 2.24) is 20.4 Å². The number of unbranched alkanes of at least 4 members (excludes halogenated alkanes) is 1. The molecule has 0 spiro atoms. The van der Waals surface area contributed by atoms with E-state index < -0.39 is 12.0 Å². The number of aryl methyl sites for hydroxylation is 1. The van der Waals surface area contributed by atoms with Gasteiger partial charge >= 0.3 is 12.0 Å². The van der Waals surface area contributed by atoms with Gasteiger partial charge in [0.2, 0.25) is 0 Å². The van der Waals surface area contributed by atoms with Crippen LogP contribution in [-0.4, -0.2) is 35.0 Å². The van der Waals surface area contributed by atoms with Crippen LogP contribution in [-0.2, 0) is 9.53 Å². The molecule has 1 aliphatic heterocycles. The van der Waals surface area contributed by atoms with Crippen molar-refractivity contribution in [2.24, 2.45) is 0 Å². The molecule has 2 N–H and O–H groups in total. The Bertz CT molecular complexity index is 1280. The first-order valence-electron chi connectivity index (χ1n) is 12.3. The van der Waals surface area contributed by atoms with Crippen LogP contribution in [0.2, 0.25) is 0 Å². The molecule has 4 rings (SSSR count). The molecule has 8 nitrogen and oxygen atoms in total. The number of para-hydroxylation sites is 1. The minimum absolute atomic E-state index is 0.227. The van der Waals surface area contributed by atoms with Crippen LogP contribution in [0.5, 0.6) is 5.75 Å². The van der Waals surface area contributed by atoms with Gasteiger partial charge in [-0.05, 0) is 63.1 Å². The average Bonchev–Trinajstić information content (AvgIpc) is 3.31. The fraction of sp³-hybridized carbons (Fsp3) is 0.321. The minimum Gasteiger partial charge on any atom is -0.493 e. The largest absolute Gasteiger partial charge is 0.493 e. The third kappa shape index (κ3) is 5.27. The number of nitrogens with zero attached hydrogens (tertiary/aromatic N) is 2. The number of urea groups is 1. The van der Waals surface area contributed by atoms with Gasteiger partial charge in [-0.1, -0.05) is 31.5 Å². The Morgan fingerprint density at radius 3 is 2.58 bits per heavy atom. The van der Waals surface area contributed by atoms with Gasteiger partial charge in [0.05, 0.1) is 36.2 Å². The van der Waals surface area contributed by atoms with E-state index in [9.17, 15) is 9.59 Å². The number of benzene rings is 2. The fourth-order valence-electron chi connectivity index (χ4n) is 4.23. The van der Waals surface area contributed by atoms with Crippen molar-refractivity contribution in [3.8, 4) is 22.7 Å². The van der Waals surface area contributed by atoms with Gasteiger partial charge in [-0.3, -0.25) is 0 Å². The molecule has 0 radical (unpaired) electrons. The minimum atomic E-state index is -0.731. The Kier molecular flexibility index (Phi) is 7.73. The summed E-state index contributed by atoms with van der Waals surface area (Å²) in [7, 11) is 0.